The highest BCUT2D eigenvalue weighted by Gasteiger charge is 2.23. The van der Waals surface area contributed by atoms with Crippen LogP contribution in [0.25, 0.3) is 11.7 Å². The summed E-state index contributed by atoms with van der Waals surface area (Å²) in [6.07, 6.45) is 8.54. The fourth-order valence-corrected chi connectivity index (χ4v) is 3.61. The molecule has 8 nitrogen and oxygen atoms in total. The number of carbonyl (C=O) groups is 3. The van der Waals surface area contributed by atoms with Crippen LogP contribution in [0.15, 0.2) is 30.5 Å². The van der Waals surface area contributed by atoms with Crippen molar-refractivity contribution in [1.29, 1.82) is 0 Å². The summed E-state index contributed by atoms with van der Waals surface area (Å²) in [6.45, 7) is 1.52. The second kappa shape index (κ2) is 9.56. The van der Waals surface area contributed by atoms with E-state index in [0.717, 1.165) is 31.8 Å². The molecule has 2 aromatic heterocycles. The average molecular weight is 419 g/mol. The Bertz CT molecular complexity index is 940. The standard InChI is InChI=1S/C20H23ClN4O4/c1-13-6-2-3-7-14(13)22-20(28)24-17(26)12-29-18(27)10-9-15-19(21)23-16-8-4-5-11-25(15)16/h4-5,8-11,13-14H,2-3,6-7,12H2,1H3,(H2,22,24,26,28)/b10-9+/t13-,14-/m0/s1. The van der Waals surface area contributed by atoms with Gasteiger partial charge in [-0.15, -0.1) is 0 Å². The number of pyridine rings is 1. The zero-order valence-electron chi connectivity index (χ0n) is 16.1. The van der Waals surface area contributed by atoms with E-state index in [1.54, 1.807) is 16.7 Å². The van der Waals surface area contributed by atoms with Gasteiger partial charge in [-0.2, -0.15) is 0 Å². The minimum Gasteiger partial charge on any atom is -0.452 e. The van der Waals surface area contributed by atoms with Crippen LogP contribution in [0, 0.1) is 5.92 Å². The van der Waals surface area contributed by atoms with Crippen LogP contribution >= 0.6 is 11.6 Å². The van der Waals surface area contributed by atoms with Crippen molar-refractivity contribution in [3.63, 3.8) is 0 Å². The molecule has 0 radical (unpaired) electrons. The minimum atomic E-state index is -0.733. The highest BCUT2D eigenvalue weighted by molar-refractivity contribution is 6.31. The van der Waals surface area contributed by atoms with E-state index in [0.29, 0.717) is 17.3 Å². The molecule has 0 unspecified atom stereocenters. The van der Waals surface area contributed by atoms with Gasteiger partial charge in [-0.05, 0) is 37.0 Å². The lowest BCUT2D eigenvalue weighted by Crippen LogP contribution is -2.48. The number of hydrogen-bond acceptors (Lipinski definition) is 5. The summed E-state index contributed by atoms with van der Waals surface area (Å²) < 4.78 is 6.59. The number of ether oxygens (including phenoxy) is 1. The maximum Gasteiger partial charge on any atom is 0.331 e. The van der Waals surface area contributed by atoms with Crippen LogP contribution in [0.5, 0.6) is 0 Å². The zero-order valence-corrected chi connectivity index (χ0v) is 16.8. The van der Waals surface area contributed by atoms with Crippen LogP contribution in [0.2, 0.25) is 5.15 Å². The van der Waals surface area contributed by atoms with E-state index in [4.69, 9.17) is 16.3 Å². The normalized spacial score (nSPS) is 19.2. The Kier molecular flexibility index (Phi) is 6.87. The van der Waals surface area contributed by atoms with Gasteiger partial charge in [-0.1, -0.05) is 37.4 Å². The van der Waals surface area contributed by atoms with E-state index in [-0.39, 0.29) is 11.2 Å². The van der Waals surface area contributed by atoms with Crippen molar-refractivity contribution in [2.75, 3.05) is 6.61 Å². The number of rotatable bonds is 5. The first-order chi connectivity index (χ1) is 13.9. The van der Waals surface area contributed by atoms with E-state index in [9.17, 15) is 14.4 Å². The Labute approximate surface area is 173 Å². The van der Waals surface area contributed by atoms with Crippen molar-refractivity contribution in [3.8, 4) is 0 Å². The molecular weight excluding hydrogens is 396 g/mol. The summed E-state index contributed by atoms with van der Waals surface area (Å²) in [6, 6.07) is 4.90. The Morgan fingerprint density at radius 3 is 2.90 bits per heavy atom. The first kappa shape index (κ1) is 20.9. The lowest BCUT2D eigenvalue weighted by Gasteiger charge is -2.29. The minimum absolute atomic E-state index is 0.0530. The summed E-state index contributed by atoms with van der Waals surface area (Å²) in [5.41, 5.74) is 1.16. The van der Waals surface area contributed by atoms with E-state index in [1.807, 2.05) is 12.1 Å². The largest absolute Gasteiger partial charge is 0.452 e. The summed E-state index contributed by atoms with van der Waals surface area (Å²) in [7, 11) is 0. The van der Waals surface area contributed by atoms with Crippen LogP contribution < -0.4 is 10.6 Å². The Hall–Kier alpha value is -2.87. The highest BCUT2D eigenvalue weighted by Crippen LogP contribution is 2.23. The van der Waals surface area contributed by atoms with Crippen molar-refractivity contribution in [1.82, 2.24) is 20.0 Å². The van der Waals surface area contributed by atoms with E-state index >= 15 is 0 Å². The number of amides is 3. The molecule has 2 heterocycles. The molecule has 2 aromatic rings. The molecule has 1 fully saturated rings. The van der Waals surface area contributed by atoms with Crippen LogP contribution in [-0.2, 0) is 14.3 Å². The van der Waals surface area contributed by atoms with Gasteiger partial charge >= 0.3 is 12.0 Å². The van der Waals surface area contributed by atoms with Gasteiger partial charge < -0.3 is 10.1 Å². The summed E-state index contributed by atoms with van der Waals surface area (Å²) in [5, 5.41) is 5.23. The number of esters is 1. The van der Waals surface area contributed by atoms with Crippen LogP contribution in [0.3, 0.4) is 0 Å². The molecule has 1 aliphatic carbocycles. The highest BCUT2D eigenvalue weighted by atomic mass is 35.5. The SMILES string of the molecule is C[C@H]1CCCC[C@@H]1NC(=O)NC(=O)COC(=O)/C=C/c1c(Cl)nc2ccccn12. The molecule has 0 bridgehead atoms. The molecule has 154 valence electrons. The third-order valence-corrected chi connectivity index (χ3v) is 5.20. The number of aromatic nitrogens is 2. The molecule has 3 rings (SSSR count). The first-order valence-corrected chi connectivity index (χ1v) is 9.89. The fraction of sp³-hybridized carbons (Fsp3) is 0.400. The predicted molar refractivity (Wildman–Crippen MR) is 108 cm³/mol. The molecule has 2 atom stereocenters. The Morgan fingerprint density at radius 2 is 2.10 bits per heavy atom. The molecule has 1 saturated carbocycles. The average Bonchev–Trinajstić information content (AvgIpc) is 3.01. The number of carbonyl (C=O) groups excluding carboxylic acids is 3. The molecule has 29 heavy (non-hydrogen) atoms. The second-order valence-electron chi connectivity index (χ2n) is 7.05. The van der Waals surface area contributed by atoms with Crippen molar-refractivity contribution in [2.45, 2.75) is 38.6 Å². The van der Waals surface area contributed by atoms with Crippen LogP contribution in [0.4, 0.5) is 4.79 Å². The zero-order chi connectivity index (χ0) is 20.8. The molecule has 9 heteroatoms. The van der Waals surface area contributed by atoms with Gasteiger partial charge in [-0.3, -0.25) is 14.5 Å². The topological polar surface area (TPSA) is 102 Å². The van der Waals surface area contributed by atoms with E-state index in [1.165, 1.54) is 6.08 Å². The Morgan fingerprint density at radius 1 is 1.31 bits per heavy atom. The number of fused-ring (bicyclic) bond motifs is 1. The predicted octanol–water partition coefficient (Wildman–Crippen LogP) is 2.95. The fourth-order valence-electron chi connectivity index (χ4n) is 3.36. The molecule has 0 spiro atoms. The third kappa shape index (κ3) is 5.57. The molecule has 2 N–H and O–H groups in total. The van der Waals surface area contributed by atoms with Gasteiger partial charge in [0.05, 0.1) is 5.69 Å². The summed E-state index contributed by atoms with van der Waals surface area (Å²) >= 11 is 6.08. The molecule has 0 saturated heterocycles. The van der Waals surface area contributed by atoms with Gasteiger partial charge in [-0.25, -0.2) is 14.6 Å². The number of nitrogens with one attached hydrogen (secondary N) is 2. The summed E-state index contributed by atoms with van der Waals surface area (Å²) in [4.78, 5) is 39.8. The number of halogens is 1. The maximum atomic E-state index is 11.9. The molecule has 1 aliphatic rings. The second-order valence-corrected chi connectivity index (χ2v) is 7.41. The van der Waals surface area contributed by atoms with Gasteiger partial charge in [0.25, 0.3) is 5.91 Å². The van der Waals surface area contributed by atoms with Crippen molar-refractivity contribution in [2.24, 2.45) is 5.92 Å². The lowest BCUT2D eigenvalue weighted by atomic mass is 9.86. The maximum absolute atomic E-state index is 11.9. The smallest absolute Gasteiger partial charge is 0.331 e. The molecular formula is C20H23ClN4O4. The monoisotopic (exact) mass is 418 g/mol. The van der Waals surface area contributed by atoms with Crippen molar-refractivity contribution >= 4 is 41.2 Å². The van der Waals surface area contributed by atoms with Crippen molar-refractivity contribution in [3.05, 3.63) is 41.3 Å². The van der Waals surface area contributed by atoms with Crippen LogP contribution in [-0.4, -0.2) is 39.9 Å². The number of nitrogens with zero attached hydrogens (tertiary/aromatic N) is 2. The van der Waals surface area contributed by atoms with Crippen LogP contribution in [0.1, 0.15) is 38.3 Å². The van der Waals surface area contributed by atoms with Gasteiger partial charge in [0.2, 0.25) is 0 Å². The number of imide groups is 1. The Balaban J connectivity index is 1.46. The van der Waals surface area contributed by atoms with Gasteiger partial charge in [0.1, 0.15) is 5.65 Å². The summed E-state index contributed by atoms with van der Waals surface area (Å²) in [5.74, 6) is -1.05. The third-order valence-electron chi connectivity index (χ3n) is 4.93. The van der Waals surface area contributed by atoms with Crippen molar-refractivity contribution < 1.29 is 19.1 Å². The first-order valence-electron chi connectivity index (χ1n) is 9.52. The number of hydrogen-bond donors (Lipinski definition) is 2. The van der Waals surface area contributed by atoms with E-state index < -0.39 is 24.5 Å². The lowest BCUT2D eigenvalue weighted by molar-refractivity contribution is -0.143. The molecule has 0 aliphatic heterocycles. The molecule has 3 amide bonds. The van der Waals surface area contributed by atoms with Gasteiger partial charge in [0.15, 0.2) is 11.8 Å². The molecule has 0 aromatic carbocycles. The quantitative estimate of drug-likeness (QED) is 0.574. The number of imidazole rings is 1. The number of urea groups is 1. The van der Waals surface area contributed by atoms with Gasteiger partial charge in [0, 0.05) is 18.3 Å². The van der Waals surface area contributed by atoms with E-state index in [2.05, 4.69) is 22.5 Å².